The van der Waals surface area contributed by atoms with E-state index in [1.807, 2.05) is 32.9 Å². The van der Waals surface area contributed by atoms with Crippen molar-refractivity contribution in [1.29, 1.82) is 0 Å². The Morgan fingerprint density at radius 3 is 2.27 bits per heavy atom. The summed E-state index contributed by atoms with van der Waals surface area (Å²) in [6.07, 6.45) is 6.95. The Balaban J connectivity index is 1.30. The molecule has 7 heteroatoms. The van der Waals surface area contributed by atoms with Gasteiger partial charge < -0.3 is 20.7 Å². The van der Waals surface area contributed by atoms with Crippen molar-refractivity contribution < 1.29 is 14.3 Å². The van der Waals surface area contributed by atoms with Gasteiger partial charge in [0.05, 0.1) is 0 Å². The van der Waals surface area contributed by atoms with Gasteiger partial charge in [0.15, 0.2) is 0 Å². The highest BCUT2D eigenvalue weighted by molar-refractivity contribution is 5.74. The molecule has 0 unspecified atom stereocenters. The number of amides is 3. The van der Waals surface area contributed by atoms with Crippen molar-refractivity contribution >= 4 is 12.1 Å². The van der Waals surface area contributed by atoms with E-state index in [-0.39, 0.29) is 29.6 Å². The predicted molar refractivity (Wildman–Crippen MR) is 97.5 cm³/mol. The van der Waals surface area contributed by atoms with E-state index in [2.05, 4.69) is 20.9 Å². The number of ether oxygens (including phenoxy) is 1. The molecule has 2 saturated carbocycles. The van der Waals surface area contributed by atoms with Crippen LogP contribution >= 0.6 is 0 Å². The largest absolute Gasteiger partial charge is 0.444 e. The second-order valence-electron chi connectivity index (χ2n) is 8.54. The maximum Gasteiger partial charge on any atom is 0.407 e. The summed E-state index contributed by atoms with van der Waals surface area (Å²) in [5.74, 6) is 0. The molecule has 3 N–H and O–H groups in total. The summed E-state index contributed by atoms with van der Waals surface area (Å²) >= 11 is 0. The summed E-state index contributed by atoms with van der Waals surface area (Å²) < 4.78 is 5.28. The van der Waals surface area contributed by atoms with E-state index in [9.17, 15) is 9.59 Å². The smallest absolute Gasteiger partial charge is 0.407 e. The highest BCUT2D eigenvalue weighted by Gasteiger charge is 2.53. The van der Waals surface area contributed by atoms with Gasteiger partial charge in [0.25, 0.3) is 0 Å². The molecule has 0 radical (unpaired) electrons. The Labute approximate surface area is 154 Å². The average molecular weight is 360 g/mol. The summed E-state index contributed by atoms with van der Waals surface area (Å²) in [6.45, 7) is 6.07. The minimum absolute atomic E-state index is 0.135. The summed E-state index contributed by atoms with van der Waals surface area (Å²) in [5.41, 5.74) is 0.832. The van der Waals surface area contributed by atoms with Crippen molar-refractivity contribution in [2.45, 2.75) is 70.7 Å². The number of nitrogens with zero attached hydrogens (tertiary/aromatic N) is 1. The van der Waals surface area contributed by atoms with Crippen molar-refractivity contribution in [3.63, 3.8) is 0 Å². The van der Waals surface area contributed by atoms with Crippen LogP contribution in [0.4, 0.5) is 9.59 Å². The number of carbonyl (C=O) groups excluding carboxylic acids is 2. The van der Waals surface area contributed by atoms with Gasteiger partial charge in [0, 0.05) is 31.0 Å². The van der Waals surface area contributed by atoms with Crippen LogP contribution in [0.5, 0.6) is 0 Å². The second-order valence-corrected chi connectivity index (χ2v) is 8.54. The first-order valence-corrected chi connectivity index (χ1v) is 9.16. The van der Waals surface area contributed by atoms with Gasteiger partial charge in [-0.1, -0.05) is 0 Å². The fourth-order valence-electron chi connectivity index (χ4n) is 3.90. The number of hydrogen-bond acceptors (Lipinski definition) is 4. The third kappa shape index (κ3) is 4.86. The third-order valence-electron chi connectivity index (χ3n) is 4.98. The van der Waals surface area contributed by atoms with E-state index in [0.29, 0.717) is 6.54 Å². The minimum Gasteiger partial charge on any atom is -0.444 e. The maximum absolute atomic E-state index is 12.0. The Morgan fingerprint density at radius 1 is 1.12 bits per heavy atom. The van der Waals surface area contributed by atoms with Gasteiger partial charge in [-0.2, -0.15) is 0 Å². The Morgan fingerprint density at radius 2 is 1.69 bits per heavy atom. The van der Waals surface area contributed by atoms with Crippen molar-refractivity contribution in [2.75, 3.05) is 0 Å². The number of alkyl carbamates (subject to hydrolysis) is 1. The van der Waals surface area contributed by atoms with Crippen molar-refractivity contribution in [3.05, 3.63) is 30.1 Å². The number of carbonyl (C=O) groups is 2. The lowest BCUT2D eigenvalue weighted by Crippen LogP contribution is -2.62. The Bertz CT molecular complexity index is 642. The Kier molecular flexibility index (Phi) is 5.07. The topological polar surface area (TPSA) is 92.4 Å². The third-order valence-corrected chi connectivity index (χ3v) is 4.98. The van der Waals surface area contributed by atoms with E-state index >= 15 is 0 Å². The maximum atomic E-state index is 12.0. The normalized spacial score (nSPS) is 27.0. The molecule has 0 atom stereocenters. The molecule has 1 aromatic heterocycles. The van der Waals surface area contributed by atoms with Crippen LogP contribution < -0.4 is 16.0 Å². The van der Waals surface area contributed by atoms with Crippen molar-refractivity contribution in [2.24, 2.45) is 5.41 Å². The second kappa shape index (κ2) is 7.13. The molecule has 26 heavy (non-hydrogen) atoms. The first-order chi connectivity index (χ1) is 12.2. The SMILES string of the molecule is CC(C)(C)OC(=O)NC1CC2(CC(NC(=O)NCc3ccncc3)C2)C1. The van der Waals surface area contributed by atoms with Gasteiger partial charge in [0.1, 0.15) is 5.60 Å². The number of urea groups is 1. The van der Waals surface area contributed by atoms with Gasteiger partial charge in [-0.15, -0.1) is 0 Å². The number of rotatable bonds is 4. The van der Waals surface area contributed by atoms with Gasteiger partial charge in [0.2, 0.25) is 0 Å². The molecule has 2 aliphatic carbocycles. The lowest BCUT2D eigenvalue weighted by Gasteiger charge is -2.57. The van der Waals surface area contributed by atoms with Crippen LogP contribution in [0.2, 0.25) is 0 Å². The number of pyridine rings is 1. The van der Waals surface area contributed by atoms with Crippen molar-refractivity contribution in [1.82, 2.24) is 20.9 Å². The molecule has 1 aromatic rings. The van der Waals surface area contributed by atoms with E-state index in [1.165, 1.54) is 0 Å². The monoisotopic (exact) mass is 360 g/mol. The highest BCUT2D eigenvalue weighted by Crippen LogP contribution is 2.55. The summed E-state index contributed by atoms with van der Waals surface area (Å²) in [7, 11) is 0. The first kappa shape index (κ1) is 18.5. The zero-order valence-electron chi connectivity index (χ0n) is 15.7. The molecule has 3 rings (SSSR count). The molecule has 2 aliphatic rings. The summed E-state index contributed by atoms with van der Waals surface area (Å²) in [5, 5.41) is 8.81. The number of hydrogen-bond donors (Lipinski definition) is 3. The van der Waals surface area contributed by atoms with Crippen LogP contribution in [-0.2, 0) is 11.3 Å². The number of nitrogens with one attached hydrogen (secondary N) is 3. The molecule has 0 bridgehead atoms. The van der Waals surface area contributed by atoms with Crippen LogP contribution in [0, 0.1) is 5.41 Å². The molecule has 3 amide bonds. The molecule has 1 heterocycles. The molecule has 1 spiro atoms. The van der Waals surface area contributed by atoms with Crippen LogP contribution in [0.1, 0.15) is 52.0 Å². The van der Waals surface area contributed by atoms with Gasteiger partial charge >= 0.3 is 12.1 Å². The summed E-state index contributed by atoms with van der Waals surface area (Å²) in [4.78, 5) is 27.7. The highest BCUT2D eigenvalue weighted by atomic mass is 16.6. The molecular formula is C19H28N4O3. The quantitative estimate of drug-likeness (QED) is 0.770. The lowest BCUT2D eigenvalue weighted by molar-refractivity contribution is -0.0294. The van der Waals surface area contributed by atoms with Crippen LogP contribution in [-0.4, -0.2) is 34.8 Å². The molecule has 142 valence electrons. The standard InChI is InChI=1S/C19H28N4O3/c1-18(2,3)26-17(25)23-15-10-19(11-15)8-14(9-19)22-16(24)21-12-13-4-6-20-7-5-13/h4-7,14-15H,8-12H2,1-3H3,(H,23,25)(H2,21,22,24). The van der Waals surface area contributed by atoms with Gasteiger partial charge in [-0.25, -0.2) is 9.59 Å². The zero-order valence-corrected chi connectivity index (χ0v) is 15.7. The molecule has 0 aromatic carbocycles. The predicted octanol–water partition coefficient (Wildman–Crippen LogP) is 2.72. The molecule has 0 saturated heterocycles. The van der Waals surface area contributed by atoms with Gasteiger partial charge in [-0.3, -0.25) is 4.98 Å². The molecule has 2 fully saturated rings. The Hall–Kier alpha value is -2.31. The fraction of sp³-hybridized carbons (Fsp3) is 0.632. The van der Waals surface area contributed by atoms with Crippen molar-refractivity contribution in [3.8, 4) is 0 Å². The van der Waals surface area contributed by atoms with E-state index in [0.717, 1.165) is 31.2 Å². The summed E-state index contributed by atoms with van der Waals surface area (Å²) in [6, 6.07) is 4.03. The molecule has 7 nitrogen and oxygen atoms in total. The van der Waals surface area contributed by atoms with E-state index < -0.39 is 5.60 Å². The lowest BCUT2D eigenvalue weighted by atomic mass is 9.52. The molecule has 0 aliphatic heterocycles. The average Bonchev–Trinajstić information content (AvgIpc) is 2.48. The first-order valence-electron chi connectivity index (χ1n) is 9.16. The minimum atomic E-state index is -0.472. The van der Waals surface area contributed by atoms with Crippen LogP contribution in [0.15, 0.2) is 24.5 Å². The van der Waals surface area contributed by atoms with Crippen LogP contribution in [0.25, 0.3) is 0 Å². The number of aromatic nitrogens is 1. The van der Waals surface area contributed by atoms with E-state index in [1.54, 1.807) is 12.4 Å². The fourth-order valence-corrected chi connectivity index (χ4v) is 3.90. The zero-order chi connectivity index (χ0) is 18.8. The van der Waals surface area contributed by atoms with Gasteiger partial charge in [-0.05, 0) is 69.6 Å². The molecular weight excluding hydrogens is 332 g/mol. The van der Waals surface area contributed by atoms with E-state index in [4.69, 9.17) is 4.74 Å². The van der Waals surface area contributed by atoms with Crippen LogP contribution in [0.3, 0.4) is 0 Å².